The highest BCUT2D eigenvalue weighted by Crippen LogP contribution is 2.53. The summed E-state index contributed by atoms with van der Waals surface area (Å²) in [7, 11) is 0. The Hall–Kier alpha value is -8.98. The van der Waals surface area contributed by atoms with Crippen LogP contribution < -0.4 is 9.80 Å². The summed E-state index contributed by atoms with van der Waals surface area (Å²) in [5.74, 6) is 0. The Labute approximate surface area is 436 Å². The minimum absolute atomic E-state index is 0.163. The highest BCUT2D eigenvalue weighted by Gasteiger charge is 2.37. The van der Waals surface area contributed by atoms with Gasteiger partial charge in [0.15, 0.2) is 0 Å². The van der Waals surface area contributed by atoms with E-state index in [9.17, 15) is 0 Å². The van der Waals surface area contributed by atoms with Crippen LogP contribution in [-0.4, -0.2) is 0 Å². The lowest BCUT2D eigenvalue weighted by atomic mass is 9.82. The monoisotopic (exact) mass is 948 g/mol. The van der Waals surface area contributed by atoms with Crippen LogP contribution in [-0.2, 0) is 10.8 Å². The van der Waals surface area contributed by atoms with Crippen LogP contribution in [0.3, 0.4) is 0 Å². The first-order valence-electron chi connectivity index (χ1n) is 25.9. The minimum Gasteiger partial charge on any atom is -0.310 e. The van der Waals surface area contributed by atoms with Gasteiger partial charge in [0.1, 0.15) is 0 Å². The zero-order valence-electron chi connectivity index (χ0n) is 42.3. The summed E-state index contributed by atoms with van der Waals surface area (Å²) in [4.78, 5) is 4.91. The fourth-order valence-electron chi connectivity index (χ4n) is 12.1. The van der Waals surface area contributed by atoms with Crippen molar-refractivity contribution in [1.29, 1.82) is 0 Å². The summed E-state index contributed by atoms with van der Waals surface area (Å²) in [6, 6.07) is 98.5. The van der Waals surface area contributed by atoms with E-state index in [-0.39, 0.29) is 10.8 Å². The quantitative estimate of drug-likeness (QED) is 0.135. The second-order valence-corrected chi connectivity index (χ2v) is 20.9. The summed E-state index contributed by atoms with van der Waals surface area (Å²) < 4.78 is 0. The van der Waals surface area contributed by atoms with Gasteiger partial charge in [-0.3, -0.25) is 0 Å². The summed E-state index contributed by atoms with van der Waals surface area (Å²) in [5.41, 5.74) is 26.3. The van der Waals surface area contributed by atoms with Crippen molar-refractivity contribution in [2.24, 2.45) is 0 Å². The van der Waals surface area contributed by atoms with Gasteiger partial charge in [0.25, 0.3) is 0 Å². The van der Waals surface area contributed by atoms with Gasteiger partial charge in [-0.1, -0.05) is 228 Å². The Bertz CT molecular complexity index is 3650. The van der Waals surface area contributed by atoms with Crippen LogP contribution in [0.25, 0.3) is 66.8 Å². The third-order valence-electron chi connectivity index (χ3n) is 15.8. The molecule has 0 fully saturated rings. The van der Waals surface area contributed by atoms with Crippen LogP contribution in [0.5, 0.6) is 0 Å². The average molecular weight is 949 g/mol. The van der Waals surface area contributed by atoms with Gasteiger partial charge in [-0.15, -0.1) is 0 Å². The van der Waals surface area contributed by atoms with Crippen molar-refractivity contribution in [2.45, 2.75) is 38.5 Å². The van der Waals surface area contributed by atoms with E-state index in [2.05, 4.69) is 304 Å². The van der Waals surface area contributed by atoms with E-state index < -0.39 is 0 Å². The zero-order valence-corrected chi connectivity index (χ0v) is 42.3. The number of para-hydroxylation sites is 2. The molecule has 2 aliphatic carbocycles. The topological polar surface area (TPSA) is 6.48 Å². The molecule has 13 rings (SSSR count). The fourth-order valence-corrected chi connectivity index (χ4v) is 12.1. The molecule has 2 aliphatic rings. The van der Waals surface area contributed by atoms with Gasteiger partial charge in [0.2, 0.25) is 0 Å². The number of benzene rings is 11. The Kier molecular flexibility index (Phi) is 10.9. The fraction of sp³-hybridized carbons (Fsp3) is 0.0833. The molecule has 0 heterocycles. The first kappa shape index (κ1) is 44.9. The van der Waals surface area contributed by atoms with Crippen LogP contribution in [0, 0.1) is 0 Å². The van der Waals surface area contributed by atoms with Crippen LogP contribution in [0.2, 0.25) is 0 Å². The van der Waals surface area contributed by atoms with E-state index in [0.717, 1.165) is 45.3 Å². The SMILES string of the molecule is CC1(C)c2ccccc2-c2ccc(N(c3ccccc3)c3cc(-c4ccc(-c5c(-c6ccccc6)cccc5-c5ccccc5)cc4)cc(N(c4ccccc4)c4ccc5c(c4)C(C)(C)c4ccccc4-5)c3)cc21. The normalized spacial score (nSPS) is 13.4. The van der Waals surface area contributed by atoms with E-state index in [0.29, 0.717) is 0 Å². The molecule has 0 spiro atoms. The summed E-state index contributed by atoms with van der Waals surface area (Å²) in [6.07, 6.45) is 0. The number of fused-ring (bicyclic) bond motifs is 6. The van der Waals surface area contributed by atoms with Gasteiger partial charge in [-0.25, -0.2) is 0 Å². The molecule has 0 aromatic heterocycles. The van der Waals surface area contributed by atoms with E-state index >= 15 is 0 Å². The molecule has 0 radical (unpaired) electrons. The molecule has 0 bridgehead atoms. The van der Waals surface area contributed by atoms with Crippen molar-refractivity contribution in [1.82, 2.24) is 0 Å². The van der Waals surface area contributed by atoms with Crippen LogP contribution in [0.4, 0.5) is 34.1 Å². The summed E-state index contributed by atoms with van der Waals surface area (Å²) in [5, 5.41) is 0. The Morgan fingerprint density at radius 1 is 0.216 bits per heavy atom. The zero-order chi connectivity index (χ0) is 50.0. The van der Waals surface area contributed by atoms with E-state index in [1.54, 1.807) is 0 Å². The first-order chi connectivity index (χ1) is 36.2. The van der Waals surface area contributed by atoms with Gasteiger partial charge in [-0.05, 0) is 156 Å². The highest BCUT2D eigenvalue weighted by atomic mass is 15.2. The third-order valence-corrected chi connectivity index (χ3v) is 15.8. The molecule has 74 heavy (non-hydrogen) atoms. The molecule has 11 aromatic carbocycles. The Balaban J connectivity index is 1.02. The second-order valence-electron chi connectivity index (χ2n) is 20.9. The largest absolute Gasteiger partial charge is 0.310 e. The molecule has 0 aliphatic heterocycles. The smallest absolute Gasteiger partial charge is 0.0488 e. The van der Waals surface area contributed by atoms with Crippen molar-refractivity contribution in [2.75, 3.05) is 9.80 Å². The summed E-state index contributed by atoms with van der Waals surface area (Å²) in [6.45, 7) is 9.47. The van der Waals surface area contributed by atoms with Crippen molar-refractivity contribution in [3.05, 3.63) is 289 Å². The second kappa shape index (κ2) is 17.9. The molecular formula is C72H56N2. The predicted octanol–water partition coefficient (Wildman–Crippen LogP) is 19.9. The maximum Gasteiger partial charge on any atom is 0.0488 e. The maximum atomic E-state index is 2.45. The van der Waals surface area contributed by atoms with Crippen molar-refractivity contribution in [3.8, 4) is 66.8 Å². The molecule has 0 atom stereocenters. The Morgan fingerprint density at radius 2 is 0.581 bits per heavy atom. The molecule has 0 saturated heterocycles. The van der Waals surface area contributed by atoms with Gasteiger partial charge in [0, 0.05) is 45.0 Å². The van der Waals surface area contributed by atoms with Gasteiger partial charge >= 0.3 is 0 Å². The van der Waals surface area contributed by atoms with Gasteiger partial charge in [0.05, 0.1) is 0 Å². The molecule has 11 aromatic rings. The standard InChI is InChI=1S/C72H56N2/c1-71(2)66-34-19-17-30-62(66)64-42-40-56(47-68(64)71)73(54-26-13-7-14-27-54)58-44-53(49-36-38-52(39-37-49)70-60(50-22-9-5-10-23-50)32-21-33-61(70)51-24-11-6-12-25-51)45-59(46-58)74(55-28-15-8-16-29-55)57-41-43-65-63-31-18-20-35-67(63)72(3,4)69(65)48-57/h5-48H,1-4H3. The van der Waals surface area contributed by atoms with Crippen LogP contribution in [0.15, 0.2) is 267 Å². The number of nitrogens with zero attached hydrogens (tertiary/aromatic N) is 2. The van der Waals surface area contributed by atoms with E-state index in [1.807, 2.05) is 0 Å². The Morgan fingerprint density at radius 3 is 1.03 bits per heavy atom. The highest BCUT2D eigenvalue weighted by molar-refractivity contribution is 5.96. The lowest BCUT2D eigenvalue weighted by molar-refractivity contribution is 0.660. The summed E-state index contributed by atoms with van der Waals surface area (Å²) >= 11 is 0. The van der Waals surface area contributed by atoms with Gasteiger partial charge < -0.3 is 9.80 Å². The van der Waals surface area contributed by atoms with E-state index in [4.69, 9.17) is 0 Å². The van der Waals surface area contributed by atoms with Crippen molar-refractivity contribution < 1.29 is 0 Å². The third kappa shape index (κ3) is 7.56. The average Bonchev–Trinajstić information content (AvgIpc) is 3.85. The molecular weight excluding hydrogens is 893 g/mol. The predicted molar refractivity (Wildman–Crippen MR) is 313 cm³/mol. The molecule has 2 nitrogen and oxygen atoms in total. The molecule has 0 saturated carbocycles. The molecule has 0 N–H and O–H groups in total. The lowest BCUT2D eigenvalue weighted by Crippen LogP contribution is -2.17. The van der Waals surface area contributed by atoms with Crippen LogP contribution in [0.1, 0.15) is 49.9 Å². The van der Waals surface area contributed by atoms with Gasteiger partial charge in [-0.2, -0.15) is 0 Å². The van der Waals surface area contributed by atoms with E-state index in [1.165, 1.54) is 77.9 Å². The maximum absolute atomic E-state index is 2.45. The van der Waals surface area contributed by atoms with Crippen molar-refractivity contribution >= 4 is 34.1 Å². The molecule has 0 unspecified atom stereocenters. The minimum atomic E-state index is -0.163. The number of rotatable bonds is 10. The number of anilines is 6. The van der Waals surface area contributed by atoms with Crippen molar-refractivity contribution in [3.63, 3.8) is 0 Å². The number of hydrogen-bond donors (Lipinski definition) is 0. The first-order valence-corrected chi connectivity index (χ1v) is 25.9. The van der Waals surface area contributed by atoms with Crippen LogP contribution >= 0.6 is 0 Å². The number of hydrogen-bond acceptors (Lipinski definition) is 2. The molecule has 354 valence electrons. The lowest BCUT2D eigenvalue weighted by Gasteiger charge is -2.32. The molecule has 0 amide bonds. The molecule has 2 heteroatoms.